The van der Waals surface area contributed by atoms with Crippen molar-refractivity contribution in [1.82, 2.24) is 5.32 Å². The third-order valence-electron chi connectivity index (χ3n) is 3.70. The minimum atomic E-state index is 0.466. The summed E-state index contributed by atoms with van der Waals surface area (Å²) in [7, 11) is 0. The zero-order valence-electron chi connectivity index (χ0n) is 11.1. The molecule has 1 aromatic carbocycles. The predicted molar refractivity (Wildman–Crippen MR) is 80.0 cm³/mol. The number of benzene rings is 1. The molecule has 1 aliphatic heterocycles. The predicted octanol–water partition coefficient (Wildman–Crippen LogP) is 3.97. The molecule has 1 N–H and O–H groups in total. The SMILES string of the molecule is CCC(NCC1COc2ccccc21)c1cccs1. The number of rotatable bonds is 5. The normalized spacial score (nSPS) is 18.9. The van der Waals surface area contributed by atoms with Crippen LogP contribution in [0.2, 0.25) is 0 Å². The third kappa shape index (κ3) is 2.67. The van der Waals surface area contributed by atoms with Crippen LogP contribution in [0.1, 0.15) is 35.7 Å². The quantitative estimate of drug-likeness (QED) is 0.890. The molecule has 3 rings (SSSR count). The number of hydrogen-bond donors (Lipinski definition) is 1. The first kappa shape index (κ1) is 12.7. The summed E-state index contributed by atoms with van der Waals surface area (Å²) in [4.78, 5) is 1.43. The Hall–Kier alpha value is -1.32. The molecule has 0 spiro atoms. The van der Waals surface area contributed by atoms with Gasteiger partial charge in [-0.1, -0.05) is 31.2 Å². The Morgan fingerprint density at radius 3 is 3.00 bits per heavy atom. The van der Waals surface area contributed by atoms with E-state index in [2.05, 4.69) is 48.0 Å². The molecular weight excluding hydrogens is 254 g/mol. The van der Waals surface area contributed by atoms with E-state index in [-0.39, 0.29) is 0 Å². The van der Waals surface area contributed by atoms with Crippen molar-refractivity contribution in [2.24, 2.45) is 0 Å². The van der Waals surface area contributed by atoms with Gasteiger partial charge in [0.1, 0.15) is 5.75 Å². The summed E-state index contributed by atoms with van der Waals surface area (Å²) in [5.74, 6) is 1.53. The summed E-state index contributed by atoms with van der Waals surface area (Å²) in [5.41, 5.74) is 1.34. The molecule has 0 amide bonds. The van der Waals surface area contributed by atoms with Gasteiger partial charge in [-0.05, 0) is 23.9 Å². The molecule has 0 aliphatic carbocycles. The standard InChI is InChI=1S/C16H19NOS/c1-2-14(16-8-5-9-19-16)17-10-12-11-18-15-7-4-3-6-13(12)15/h3-9,12,14,17H,2,10-11H2,1H3. The second-order valence-corrected chi connectivity index (χ2v) is 5.91. The van der Waals surface area contributed by atoms with Crippen molar-refractivity contribution in [1.29, 1.82) is 0 Å². The van der Waals surface area contributed by atoms with Crippen LogP contribution in [0, 0.1) is 0 Å². The maximum Gasteiger partial charge on any atom is 0.122 e. The van der Waals surface area contributed by atoms with Crippen LogP contribution in [0.3, 0.4) is 0 Å². The number of para-hydroxylation sites is 1. The van der Waals surface area contributed by atoms with Crippen molar-refractivity contribution in [2.75, 3.05) is 13.2 Å². The lowest BCUT2D eigenvalue weighted by molar-refractivity contribution is 0.321. The van der Waals surface area contributed by atoms with E-state index in [1.807, 2.05) is 17.4 Å². The molecular formula is C16H19NOS. The van der Waals surface area contributed by atoms with E-state index in [0.717, 1.165) is 25.3 Å². The Kier molecular flexibility index (Phi) is 3.85. The second-order valence-electron chi connectivity index (χ2n) is 4.93. The van der Waals surface area contributed by atoms with Crippen molar-refractivity contribution in [3.63, 3.8) is 0 Å². The number of ether oxygens (including phenoxy) is 1. The maximum absolute atomic E-state index is 5.73. The van der Waals surface area contributed by atoms with Crippen LogP contribution in [-0.2, 0) is 0 Å². The van der Waals surface area contributed by atoms with E-state index >= 15 is 0 Å². The van der Waals surface area contributed by atoms with E-state index in [9.17, 15) is 0 Å². The van der Waals surface area contributed by atoms with Gasteiger partial charge in [0.25, 0.3) is 0 Å². The van der Waals surface area contributed by atoms with Gasteiger partial charge in [0.05, 0.1) is 6.61 Å². The first-order valence-corrected chi connectivity index (χ1v) is 7.75. The molecule has 1 aromatic heterocycles. The molecule has 0 bridgehead atoms. The molecule has 100 valence electrons. The fourth-order valence-electron chi connectivity index (χ4n) is 2.62. The monoisotopic (exact) mass is 273 g/mol. The number of fused-ring (bicyclic) bond motifs is 1. The molecule has 2 atom stereocenters. The topological polar surface area (TPSA) is 21.3 Å². The molecule has 0 fully saturated rings. The molecule has 2 aromatic rings. The number of hydrogen-bond acceptors (Lipinski definition) is 3. The van der Waals surface area contributed by atoms with Gasteiger partial charge in [0.15, 0.2) is 0 Å². The van der Waals surface area contributed by atoms with Crippen molar-refractivity contribution in [3.05, 3.63) is 52.2 Å². The van der Waals surface area contributed by atoms with Gasteiger partial charge < -0.3 is 10.1 Å². The van der Waals surface area contributed by atoms with Crippen LogP contribution >= 0.6 is 11.3 Å². The largest absolute Gasteiger partial charge is 0.493 e. The van der Waals surface area contributed by atoms with E-state index in [4.69, 9.17) is 4.74 Å². The lowest BCUT2D eigenvalue weighted by Crippen LogP contribution is -2.26. The smallest absolute Gasteiger partial charge is 0.122 e. The highest BCUT2D eigenvalue weighted by molar-refractivity contribution is 7.10. The average Bonchev–Trinajstić information content (AvgIpc) is 3.09. The highest BCUT2D eigenvalue weighted by Crippen LogP contribution is 2.33. The minimum absolute atomic E-state index is 0.466. The van der Waals surface area contributed by atoms with Crippen LogP contribution in [-0.4, -0.2) is 13.2 Å². The Bertz CT molecular complexity index is 523. The Labute approximate surface area is 118 Å². The van der Waals surface area contributed by atoms with Crippen LogP contribution in [0.25, 0.3) is 0 Å². The fourth-order valence-corrected chi connectivity index (χ4v) is 3.50. The molecule has 1 aliphatic rings. The Balaban J connectivity index is 1.64. The summed E-state index contributed by atoms with van der Waals surface area (Å²) in [6.07, 6.45) is 1.12. The van der Waals surface area contributed by atoms with E-state index in [1.54, 1.807) is 0 Å². The Morgan fingerprint density at radius 1 is 1.32 bits per heavy atom. The van der Waals surface area contributed by atoms with Crippen molar-refractivity contribution >= 4 is 11.3 Å². The van der Waals surface area contributed by atoms with Gasteiger partial charge in [-0.15, -0.1) is 11.3 Å². The van der Waals surface area contributed by atoms with E-state index in [0.29, 0.717) is 12.0 Å². The van der Waals surface area contributed by atoms with Gasteiger partial charge >= 0.3 is 0 Å². The summed E-state index contributed by atoms with van der Waals surface area (Å²) in [6, 6.07) is 13.2. The molecule has 2 unspecified atom stereocenters. The van der Waals surface area contributed by atoms with Gasteiger partial charge in [0.2, 0.25) is 0 Å². The van der Waals surface area contributed by atoms with Crippen molar-refractivity contribution in [2.45, 2.75) is 25.3 Å². The van der Waals surface area contributed by atoms with Crippen LogP contribution in [0.4, 0.5) is 0 Å². The van der Waals surface area contributed by atoms with E-state index in [1.165, 1.54) is 10.4 Å². The molecule has 0 radical (unpaired) electrons. The summed E-state index contributed by atoms with van der Waals surface area (Å²) in [6.45, 7) is 4.01. The first-order valence-electron chi connectivity index (χ1n) is 6.87. The number of thiophene rings is 1. The molecule has 0 saturated carbocycles. The lowest BCUT2D eigenvalue weighted by atomic mass is 10.0. The molecule has 2 heterocycles. The van der Waals surface area contributed by atoms with Gasteiger partial charge in [-0.3, -0.25) is 0 Å². The Morgan fingerprint density at radius 2 is 2.21 bits per heavy atom. The third-order valence-corrected chi connectivity index (χ3v) is 4.69. The molecule has 2 nitrogen and oxygen atoms in total. The summed E-state index contributed by atoms with van der Waals surface area (Å²) < 4.78 is 5.73. The lowest BCUT2D eigenvalue weighted by Gasteiger charge is -2.18. The maximum atomic E-state index is 5.73. The van der Waals surface area contributed by atoms with Gasteiger partial charge in [0, 0.05) is 28.9 Å². The zero-order chi connectivity index (χ0) is 13.1. The van der Waals surface area contributed by atoms with Crippen LogP contribution in [0.15, 0.2) is 41.8 Å². The average molecular weight is 273 g/mol. The minimum Gasteiger partial charge on any atom is -0.493 e. The fraction of sp³-hybridized carbons (Fsp3) is 0.375. The van der Waals surface area contributed by atoms with Crippen LogP contribution in [0.5, 0.6) is 5.75 Å². The van der Waals surface area contributed by atoms with Gasteiger partial charge in [-0.2, -0.15) is 0 Å². The summed E-state index contributed by atoms with van der Waals surface area (Å²) in [5, 5.41) is 5.83. The zero-order valence-corrected chi connectivity index (χ0v) is 12.0. The molecule has 3 heteroatoms. The van der Waals surface area contributed by atoms with Crippen LogP contribution < -0.4 is 10.1 Å². The highest BCUT2D eigenvalue weighted by atomic mass is 32.1. The highest BCUT2D eigenvalue weighted by Gasteiger charge is 2.24. The molecule has 19 heavy (non-hydrogen) atoms. The van der Waals surface area contributed by atoms with E-state index < -0.39 is 0 Å². The summed E-state index contributed by atoms with van der Waals surface area (Å²) >= 11 is 1.83. The van der Waals surface area contributed by atoms with Gasteiger partial charge in [-0.25, -0.2) is 0 Å². The van der Waals surface area contributed by atoms with Crippen molar-refractivity contribution in [3.8, 4) is 5.75 Å². The second kappa shape index (κ2) is 5.76. The molecule has 0 saturated heterocycles. The van der Waals surface area contributed by atoms with Crippen molar-refractivity contribution < 1.29 is 4.74 Å². The first-order chi connectivity index (χ1) is 9.38. The number of nitrogens with one attached hydrogen (secondary N) is 1.